The first-order valence-electron chi connectivity index (χ1n) is 40.8. The molecule has 4 amide bonds. The quantitative estimate of drug-likeness (QED) is 0.00893. The summed E-state index contributed by atoms with van der Waals surface area (Å²) in [6.07, 6.45) is 16.5. The Bertz CT molecular complexity index is 7190. The number of nitriles is 1. The number of amides is 4. The summed E-state index contributed by atoms with van der Waals surface area (Å²) in [5, 5.41) is 42.9. The molecule has 0 unspecified atom stereocenters. The SMILES string of the molecule is C.C.CC(=O)C#N.CC(=O)Nc1cccc(N)c1.CC(=O)Nc1cccc(Nc2ncc(C(N)=O)c(Nc3cccc4c3ccn4C)n2)c1.CCOC(=O)c1cnc(Cl)nc1Cl.CCOC(=O)c1cnc(Cl)nc1Nc1cccc2c1ccn2C.Cc1ncc(C(N)=O)c(Nc2cccc3c2ccn3C)n1.Cn1ccc2c(N)cccc21.Cn1ccc2c(Nc3nc(Cl)ncc3C(=O)O)cccc21.[Li+].[OH-]. The number of nitrogens with zero attached hydrogens (tertiary/aromatic N) is 16. The van der Waals surface area contributed by atoms with Gasteiger partial charge in [-0.1, -0.05) is 68.9 Å². The molecule has 0 radical (unpaired) electrons. The van der Waals surface area contributed by atoms with Crippen LogP contribution in [0.2, 0.25) is 21.0 Å². The Morgan fingerprint density at radius 2 is 0.743 bits per heavy atom. The van der Waals surface area contributed by atoms with Crippen LogP contribution in [-0.2, 0) is 59.1 Å². The van der Waals surface area contributed by atoms with Gasteiger partial charge in [-0.05, 0) is 183 Å². The van der Waals surface area contributed by atoms with E-state index in [4.69, 9.17) is 84.1 Å². The summed E-state index contributed by atoms with van der Waals surface area (Å²) in [6, 6.07) is 54.8. The molecule has 0 aliphatic heterocycles. The van der Waals surface area contributed by atoms with Crippen LogP contribution in [0.15, 0.2) is 232 Å². The zero-order valence-corrected chi connectivity index (χ0v) is 79.3. The number of anilines is 14. The van der Waals surface area contributed by atoms with Gasteiger partial charge in [0.05, 0.1) is 13.2 Å². The molecule has 0 saturated carbocycles. The molecular weight excluding hydrogens is 1870 g/mol. The van der Waals surface area contributed by atoms with E-state index in [1.165, 1.54) is 63.3 Å². The smallest absolute Gasteiger partial charge is 0.870 e. The standard InChI is InChI=1S/C22H21N7O2.C16H15ClN4O2.C15H15N5O.C14H11ClN4O2.C9H10N2.C8H10N2O.C7H6Cl2N2O2.C3H3NO.2CH4.Li.H2O/c1-13(30)25-14-5-3-6-15(11-14)26-22-24-12-17(20(23)31)21(28-22)27-18-7-4-8-19-16(18)9-10-29(19)2;1-3-23-15(22)11-9-18-16(17)20-14(11)19-12-5-4-6-13-10(12)7-8-21(13)2;1-9-17-8-11(14(16)21)15(18-9)19-12-4-3-5-13-10(12)6-7-20(13)2;1-19-6-5-8-10(3-2-4-11(8)19)17-12-9(13(20)21)7-16-14(15)18-12;1-11-6-5-7-8(10)3-2-4-9(7)11;1-6(11)10-8-4-2-3-7(9)5-8;1-2-13-6(12)4-3-10-7(9)11-5(4)8;1-3(5)2-4;;;;/h3-12H,1-2H3,(H2,23,31)(H,25,30)(H2,24,26,27,28);4-9H,3H2,1-2H3,(H,18,19,20);3-8H,1-2H3,(H2,16,21)(H,17,18,19);2-7H,1H3,(H,20,21)(H,16,17,18);2-6H,10H2,1H3;2-5H,9H2,1H3,(H,10,11);3H,2H2,1H3;1H3;2*1H4;;1H2/q;;;;;;;;;;+1;/p-1. The second kappa shape index (κ2) is 53.1. The van der Waals surface area contributed by atoms with Crippen LogP contribution in [0.25, 0.3) is 54.5 Å². The fourth-order valence-electron chi connectivity index (χ4n) is 12.9. The Labute approximate surface area is 835 Å². The molecule has 140 heavy (non-hydrogen) atoms. The van der Waals surface area contributed by atoms with Gasteiger partial charge in [0, 0.05) is 224 Å². The second-order valence-electron chi connectivity index (χ2n) is 29.0. The molecule has 720 valence electrons. The maximum atomic E-state index is 12.0. The summed E-state index contributed by atoms with van der Waals surface area (Å²) in [7, 11) is 9.87. The topological polar surface area (TPSA) is 571 Å². The number of ether oxygens (including phenoxy) is 2. The van der Waals surface area contributed by atoms with Gasteiger partial charge in [0.1, 0.15) is 68.1 Å². The molecule has 17 rings (SSSR count). The third-order valence-corrected chi connectivity index (χ3v) is 20.0. The number of nitrogens with one attached hydrogen (secondary N) is 7. The van der Waals surface area contributed by atoms with Gasteiger partial charge in [-0.15, -0.1) is 0 Å². The number of aromatic carboxylic acids is 1. The predicted molar refractivity (Wildman–Crippen MR) is 544 cm³/mol. The van der Waals surface area contributed by atoms with Gasteiger partial charge in [-0.3, -0.25) is 24.0 Å². The number of halogens is 4. The molecule has 10 heterocycles. The number of fused-ring (bicyclic) bond motifs is 5. The van der Waals surface area contributed by atoms with E-state index in [2.05, 4.69) is 97.7 Å². The van der Waals surface area contributed by atoms with Crippen LogP contribution in [0.1, 0.15) is 107 Å². The number of ketones is 1. The van der Waals surface area contributed by atoms with Crippen LogP contribution in [0.3, 0.4) is 0 Å². The number of primary amides is 2. The number of rotatable bonds is 19. The fourth-order valence-corrected chi connectivity index (χ4v) is 13.5. The normalized spacial score (nSPS) is 10.0. The van der Waals surface area contributed by atoms with Crippen molar-refractivity contribution in [2.45, 2.75) is 56.4 Å². The van der Waals surface area contributed by atoms with Crippen molar-refractivity contribution in [1.82, 2.24) is 72.7 Å². The largest absolute Gasteiger partial charge is 1.00 e. The molecule has 17 N–H and O–H groups in total. The van der Waals surface area contributed by atoms with Gasteiger partial charge in [0.2, 0.25) is 39.4 Å². The molecule has 7 aromatic carbocycles. The summed E-state index contributed by atoms with van der Waals surface area (Å²) < 4.78 is 19.8. The van der Waals surface area contributed by atoms with Gasteiger partial charge in [-0.25, -0.2) is 49.3 Å². The summed E-state index contributed by atoms with van der Waals surface area (Å²) in [6.45, 7) is 9.88. The minimum Gasteiger partial charge on any atom is -0.870 e. The number of nitrogens with two attached hydrogens (primary N) is 4. The molecule has 0 spiro atoms. The van der Waals surface area contributed by atoms with Gasteiger partial charge in [-0.2, -0.15) is 20.2 Å². The van der Waals surface area contributed by atoms with Crippen molar-refractivity contribution in [2.24, 2.45) is 46.7 Å². The third kappa shape index (κ3) is 30.7. The molecule has 0 atom stereocenters. The average Bonchev–Trinajstić information content (AvgIpc) is 1.65. The molecule has 44 heteroatoms. The first-order valence-corrected chi connectivity index (χ1v) is 42.4. The molecule has 0 aliphatic rings. The van der Waals surface area contributed by atoms with Crippen molar-refractivity contribution >= 4 is 229 Å². The number of hydrogen-bond acceptors (Lipinski definition) is 29. The number of nitrogen functional groups attached to an aromatic ring is 2. The zero-order valence-electron chi connectivity index (χ0n) is 76.3. The number of benzene rings is 7. The van der Waals surface area contributed by atoms with E-state index in [0.717, 1.165) is 83.1 Å². The van der Waals surface area contributed by atoms with Crippen molar-refractivity contribution in [3.05, 3.63) is 286 Å². The molecule has 0 aliphatic carbocycles. The maximum Gasteiger partial charge on any atom is 1.00 e. The number of aromatic nitrogens is 15. The Morgan fingerprint density at radius 3 is 1.13 bits per heavy atom. The van der Waals surface area contributed by atoms with Gasteiger partial charge >= 0.3 is 36.8 Å². The first-order chi connectivity index (χ1) is 65.0. The van der Waals surface area contributed by atoms with Crippen molar-refractivity contribution < 1.29 is 77.3 Å². The van der Waals surface area contributed by atoms with Gasteiger partial charge in [0.25, 0.3) is 11.8 Å². The molecule has 10 aromatic heterocycles. The number of carbonyl (C=O) groups excluding carboxylic acids is 7. The van der Waals surface area contributed by atoms with Crippen molar-refractivity contribution in [3.63, 3.8) is 0 Å². The number of Topliss-reactive ketones (excluding diaryl/α,β-unsaturated/α-hetero) is 1. The summed E-state index contributed by atoms with van der Waals surface area (Å²) in [5.74, 6) is -2.01. The Balaban J connectivity index is 0.000000253. The summed E-state index contributed by atoms with van der Waals surface area (Å²) >= 11 is 22.7. The number of esters is 2. The zero-order chi connectivity index (χ0) is 98.6. The molecule has 17 aromatic rings. The maximum absolute atomic E-state index is 12.0. The van der Waals surface area contributed by atoms with Crippen LogP contribution in [0.5, 0.6) is 0 Å². The molecule has 0 saturated heterocycles. The first kappa shape index (κ1) is 112. The van der Waals surface area contributed by atoms with E-state index in [0.29, 0.717) is 40.3 Å². The van der Waals surface area contributed by atoms with Crippen molar-refractivity contribution in [1.29, 1.82) is 5.26 Å². The van der Waals surface area contributed by atoms with Crippen LogP contribution in [-0.4, -0.2) is 144 Å². The van der Waals surface area contributed by atoms with Crippen LogP contribution >= 0.6 is 46.4 Å². The van der Waals surface area contributed by atoms with Crippen molar-refractivity contribution in [2.75, 3.05) is 61.9 Å². The monoisotopic (exact) mass is 1970 g/mol. The number of aryl methyl sites for hydroxylation is 6. The molecule has 0 fully saturated rings. The van der Waals surface area contributed by atoms with Gasteiger partial charge in [0.15, 0.2) is 0 Å². The Kier molecular flexibility index (Phi) is 42.5. The summed E-state index contributed by atoms with van der Waals surface area (Å²) in [4.78, 5) is 129. The summed E-state index contributed by atoms with van der Waals surface area (Å²) in [5.41, 5.74) is 35.1. The number of carbonyl (C=O) groups is 8. The number of carboxylic acids is 1. The van der Waals surface area contributed by atoms with E-state index in [9.17, 15) is 43.5 Å². The fraction of sp³-hybridized carbons (Fsp3) is 0.156. The Morgan fingerprint density at radius 1 is 0.414 bits per heavy atom. The molecular formula is C96H100Cl4LiN27O12. The predicted octanol–water partition coefficient (Wildman–Crippen LogP) is 15.4. The van der Waals surface area contributed by atoms with E-state index in [1.54, 1.807) is 63.2 Å². The van der Waals surface area contributed by atoms with Crippen LogP contribution in [0.4, 0.5) is 80.4 Å². The Hall–Kier alpha value is -16.6. The number of carboxylic acid groups (broad SMARTS) is 1. The molecule has 39 nitrogen and oxygen atoms in total. The minimum absolute atomic E-state index is 0. The van der Waals surface area contributed by atoms with E-state index < -0.39 is 35.5 Å². The van der Waals surface area contributed by atoms with Crippen molar-refractivity contribution in [3.8, 4) is 6.07 Å². The van der Waals surface area contributed by atoms with E-state index in [1.807, 2.05) is 206 Å². The molecule has 0 bridgehead atoms. The average molecular weight is 1970 g/mol. The number of hydrogen-bond donors (Lipinski definition) is 12. The van der Waals surface area contributed by atoms with E-state index in [-0.39, 0.29) is 125 Å². The van der Waals surface area contributed by atoms with Crippen LogP contribution < -0.4 is 79.0 Å². The van der Waals surface area contributed by atoms with Gasteiger partial charge < -0.3 is 103 Å². The second-order valence-corrected chi connectivity index (χ2v) is 30.4. The minimum atomic E-state index is -1.12. The van der Waals surface area contributed by atoms with E-state index >= 15 is 0 Å². The van der Waals surface area contributed by atoms with Crippen LogP contribution in [0, 0.1) is 18.3 Å². The third-order valence-electron chi connectivity index (χ3n) is 19.2.